The van der Waals surface area contributed by atoms with Crippen molar-refractivity contribution in [3.8, 4) is 0 Å². The van der Waals surface area contributed by atoms with Gasteiger partial charge in [0.15, 0.2) is 0 Å². The molecule has 0 radical (unpaired) electrons. The zero-order chi connectivity index (χ0) is 26.7. The van der Waals surface area contributed by atoms with Gasteiger partial charge in [-0.2, -0.15) is 0 Å². The van der Waals surface area contributed by atoms with Crippen LogP contribution in [-0.4, -0.2) is 41.5 Å². The Hall–Kier alpha value is -3.35. The molecule has 0 saturated carbocycles. The van der Waals surface area contributed by atoms with E-state index in [9.17, 15) is 14.4 Å². The van der Waals surface area contributed by atoms with Crippen LogP contribution < -0.4 is 10.6 Å². The fourth-order valence-corrected chi connectivity index (χ4v) is 3.90. The van der Waals surface area contributed by atoms with Crippen molar-refractivity contribution in [1.29, 1.82) is 0 Å². The van der Waals surface area contributed by atoms with Gasteiger partial charge in [0.1, 0.15) is 18.2 Å². The van der Waals surface area contributed by atoms with Crippen LogP contribution in [-0.2, 0) is 14.3 Å². The molecule has 2 rings (SSSR count). The van der Waals surface area contributed by atoms with Crippen LogP contribution in [0.3, 0.4) is 0 Å². The molecule has 0 aliphatic carbocycles. The quantitative estimate of drug-likeness (QED) is 0.379. The maximum absolute atomic E-state index is 13.7. The number of rotatable bonds is 11. The van der Waals surface area contributed by atoms with Gasteiger partial charge >= 0.3 is 6.09 Å². The number of carbonyl (C=O) groups is 3. The number of alkyl carbamates (subject to hydrolysis) is 1. The predicted octanol–water partition coefficient (Wildman–Crippen LogP) is 5.92. The van der Waals surface area contributed by atoms with Crippen molar-refractivity contribution in [3.05, 3.63) is 65.2 Å². The molecular weight excluding hydrogens is 454 g/mol. The summed E-state index contributed by atoms with van der Waals surface area (Å²) in [5.41, 5.74) is 2.67. The van der Waals surface area contributed by atoms with Crippen LogP contribution in [0.2, 0.25) is 0 Å². The molecule has 1 atom stereocenters. The molecule has 1 unspecified atom stereocenters. The maximum atomic E-state index is 13.7. The molecule has 0 spiro atoms. The minimum Gasteiger partial charge on any atom is -0.444 e. The molecule has 7 heteroatoms. The molecule has 2 aromatic rings. The summed E-state index contributed by atoms with van der Waals surface area (Å²) in [5, 5.41) is 5.57. The van der Waals surface area contributed by atoms with Gasteiger partial charge in [-0.1, -0.05) is 74.2 Å². The highest BCUT2D eigenvalue weighted by molar-refractivity contribution is 5.98. The molecule has 0 bridgehead atoms. The summed E-state index contributed by atoms with van der Waals surface area (Å²) in [6, 6.07) is 14.3. The third-order valence-electron chi connectivity index (χ3n) is 5.68. The summed E-state index contributed by atoms with van der Waals surface area (Å²) < 4.78 is 5.28. The Bertz CT molecular complexity index is 1030. The van der Waals surface area contributed by atoms with Crippen molar-refractivity contribution in [2.75, 3.05) is 18.4 Å². The molecule has 36 heavy (non-hydrogen) atoms. The molecule has 0 saturated heterocycles. The van der Waals surface area contributed by atoms with E-state index >= 15 is 0 Å². The van der Waals surface area contributed by atoms with Crippen LogP contribution in [0.4, 0.5) is 10.5 Å². The third kappa shape index (κ3) is 9.36. The molecule has 0 aliphatic rings. The van der Waals surface area contributed by atoms with E-state index < -0.39 is 17.7 Å². The van der Waals surface area contributed by atoms with Gasteiger partial charge in [0.2, 0.25) is 5.91 Å². The summed E-state index contributed by atoms with van der Waals surface area (Å²) in [6.45, 7) is 11.4. The van der Waals surface area contributed by atoms with E-state index in [1.807, 2.05) is 62.4 Å². The molecule has 196 valence electrons. The highest BCUT2D eigenvalue weighted by Crippen LogP contribution is 2.26. The van der Waals surface area contributed by atoms with E-state index in [4.69, 9.17) is 4.74 Å². The van der Waals surface area contributed by atoms with Crippen molar-refractivity contribution in [2.24, 2.45) is 0 Å². The molecule has 0 heterocycles. The van der Waals surface area contributed by atoms with Crippen LogP contribution in [0.25, 0.3) is 0 Å². The number of hydrogen-bond acceptors (Lipinski definition) is 4. The van der Waals surface area contributed by atoms with Crippen LogP contribution in [0, 0.1) is 13.8 Å². The van der Waals surface area contributed by atoms with Gasteiger partial charge in [-0.25, -0.2) is 4.79 Å². The zero-order valence-corrected chi connectivity index (χ0v) is 22.5. The summed E-state index contributed by atoms with van der Waals surface area (Å²) >= 11 is 0. The van der Waals surface area contributed by atoms with Gasteiger partial charge in [0.25, 0.3) is 5.91 Å². The molecular formula is C29H41N3O4. The normalized spacial score (nSPS) is 11.9. The number of anilines is 1. The predicted molar refractivity (Wildman–Crippen MR) is 144 cm³/mol. The van der Waals surface area contributed by atoms with Crippen molar-refractivity contribution in [2.45, 2.75) is 78.9 Å². The van der Waals surface area contributed by atoms with Gasteiger partial charge in [0.05, 0.1) is 0 Å². The van der Waals surface area contributed by atoms with E-state index in [0.717, 1.165) is 42.4 Å². The number of amides is 3. The number of aryl methyl sites for hydroxylation is 2. The smallest absolute Gasteiger partial charge is 0.408 e. The fraction of sp³-hybridized carbons (Fsp3) is 0.483. The Morgan fingerprint density at radius 1 is 0.972 bits per heavy atom. The molecule has 0 aromatic heterocycles. The monoisotopic (exact) mass is 495 g/mol. The van der Waals surface area contributed by atoms with Gasteiger partial charge in [-0.3, -0.25) is 9.59 Å². The molecule has 2 N–H and O–H groups in total. The summed E-state index contributed by atoms with van der Waals surface area (Å²) in [7, 11) is 0. The number of unbranched alkanes of at least 4 members (excludes halogenated alkanes) is 3. The van der Waals surface area contributed by atoms with Crippen LogP contribution >= 0.6 is 0 Å². The van der Waals surface area contributed by atoms with Crippen molar-refractivity contribution >= 4 is 23.6 Å². The number of carbonyl (C=O) groups excluding carboxylic acids is 3. The fourth-order valence-electron chi connectivity index (χ4n) is 3.90. The number of nitrogens with zero attached hydrogens (tertiary/aromatic N) is 1. The SMILES string of the molecule is CCCCCCN(C(=O)CNC(=O)OC(C)(C)C)C(C(=O)Nc1ccccc1C)c1cccc(C)c1. The number of hydrogen-bond donors (Lipinski definition) is 2. The van der Waals surface area contributed by atoms with Crippen LogP contribution in [0.1, 0.15) is 76.1 Å². The van der Waals surface area contributed by atoms with E-state index in [-0.39, 0.29) is 18.4 Å². The Kier molecular flexibility index (Phi) is 11.0. The molecule has 0 fully saturated rings. The first-order chi connectivity index (χ1) is 17.0. The van der Waals surface area contributed by atoms with E-state index in [1.165, 1.54) is 0 Å². The lowest BCUT2D eigenvalue weighted by Gasteiger charge is -2.32. The second-order valence-corrected chi connectivity index (χ2v) is 10.1. The topological polar surface area (TPSA) is 87.7 Å². The lowest BCUT2D eigenvalue weighted by Crippen LogP contribution is -2.47. The van der Waals surface area contributed by atoms with Gasteiger partial charge in [-0.15, -0.1) is 0 Å². The van der Waals surface area contributed by atoms with E-state index in [2.05, 4.69) is 17.6 Å². The Labute approximate surface area is 215 Å². The zero-order valence-electron chi connectivity index (χ0n) is 22.5. The van der Waals surface area contributed by atoms with Gasteiger partial charge in [-0.05, 0) is 58.2 Å². The first kappa shape index (κ1) is 28.9. The Morgan fingerprint density at radius 2 is 1.69 bits per heavy atom. The summed E-state index contributed by atoms with van der Waals surface area (Å²) in [5.74, 6) is -0.639. The standard InChI is InChI=1S/C29H41N3O4/c1-7-8-9-12-18-32(25(33)20-30-28(35)36-29(4,5)6)26(23-16-13-14-21(2)19-23)27(34)31-24-17-11-10-15-22(24)3/h10-11,13-17,19,26H,7-9,12,18,20H2,1-6H3,(H,30,35)(H,31,34). The largest absolute Gasteiger partial charge is 0.444 e. The average molecular weight is 496 g/mol. The van der Waals surface area contributed by atoms with Crippen molar-refractivity contribution in [1.82, 2.24) is 10.2 Å². The summed E-state index contributed by atoms with van der Waals surface area (Å²) in [6.07, 6.45) is 3.13. The second-order valence-electron chi connectivity index (χ2n) is 10.1. The number of para-hydroxylation sites is 1. The highest BCUT2D eigenvalue weighted by atomic mass is 16.6. The number of benzene rings is 2. The Morgan fingerprint density at radius 3 is 2.33 bits per heavy atom. The lowest BCUT2D eigenvalue weighted by molar-refractivity contribution is -0.138. The van der Waals surface area contributed by atoms with Crippen molar-refractivity contribution < 1.29 is 19.1 Å². The lowest BCUT2D eigenvalue weighted by atomic mass is 10.0. The van der Waals surface area contributed by atoms with E-state index in [1.54, 1.807) is 25.7 Å². The minimum absolute atomic E-state index is 0.261. The van der Waals surface area contributed by atoms with Crippen molar-refractivity contribution in [3.63, 3.8) is 0 Å². The average Bonchev–Trinajstić information content (AvgIpc) is 2.80. The number of nitrogens with one attached hydrogen (secondary N) is 2. The number of ether oxygens (including phenoxy) is 1. The molecule has 7 nitrogen and oxygen atoms in total. The first-order valence-electron chi connectivity index (χ1n) is 12.7. The molecule has 0 aliphatic heterocycles. The van der Waals surface area contributed by atoms with Crippen LogP contribution in [0.15, 0.2) is 48.5 Å². The highest BCUT2D eigenvalue weighted by Gasteiger charge is 2.32. The molecule has 3 amide bonds. The van der Waals surface area contributed by atoms with E-state index in [0.29, 0.717) is 12.2 Å². The summed E-state index contributed by atoms with van der Waals surface area (Å²) in [4.78, 5) is 41.0. The maximum Gasteiger partial charge on any atom is 0.408 e. The van der Waals surface area contributed by atoms with Gasteiger partial charge in [0, 0.05) is 12.2 Å². The molecule has 2 aromatic carbocycles. The minimum atomic E-state index is -0.848. The van der Waals surface area contributed by atoms with Gasteiger partial charge < -0.3 is 20.3 Å². The Balaban J connectivity index is 2.36. The third-order valence-corrected chi connectivity index (χ3v) is 5.68. The second kappa shape index (κ2) is 13.7. The first-order valence-corrected chi connectivity index (χ1v) is 12.7. The van der Waals surface area contributed by atoms with Crippen LogP contribution in [0.5, 0.6) is 0 Å².